The third-order valence-corrected chi connectivity index (χ3v) is 5.32. The van der Waals surface area contributed by atoms with Crippen LogP contribution < -0.4 is 5.48 Å². The highest BCUT2D eigenvalue weighted by Crippen LogP contribution is 2.67. The molecule has 3 unspecified atom stereocenters. The highest BCUT2D eigenvalue weighted by Gasteiger charge is 2.67. The van der Waals surface area contributed by atoms with Crippen molar-refractivity contribution in [2.75, 3.05) is 0 Å². The minimum Gasteiger partial charge on any atom is -0.289 e. The van der Waals surface area contributed by atoms with Crippen molar-refractivity contribution in [3.63, 3.8) is 0 Å². The number of hydroxylamine groups is 1. The van der Waals surface area contributed by atoms with Crippen LogP contribution in [0.4, 0.5) is 4.39 Å². The van der Waals surface area contributed by atoms with E-state index < -0.39 is 29.8 Å². The van der Waals surface area contributed by atoms with Crippen LogP contribution in [-0.4, -0.2) is 26.8 Å². The first-order chi connectivity index (χ1) is 13.5. The molecule has 2 aromatic carbocycles. The van der Waals surface area contributed by atoms with Gasteiger partial charge in [-0.1, -0.05) is 66.2 Å². The Hall–Kier alpha value is -2.83. The van der Waals surface area contributed by atoms with Gasteiger partial charge in [0.15, 0.2) is 5.82 Å². The highest BCUT2D eigenvalue weighted by atomic mass is 35.5. The van der Waals surface area contributed by atoms with E-state index in [1.54, 1.807) is 0 Å². The molecule has 1 amide bonds. The van der Waals surface area contributed by atoms with Crippen LogP contribution in [0.25, 0.3) is 11.4 Å². The number of rotatable bonds is 5. The molecule has 1 aliphatic carbocycles. The van der Waals surface area contributed by atoms with E-state index in [0.717, 1.165) is 16.7 Å². The molecule has 28 heavy (non-hydrogen) atoms. The summed E-state index contributed by atoms with van der Waals surface area (Å²) in [5.74, 6) is -1.15. The van der Waals surface area contributed by atoms with E-state index >= 15 is 4.39 Å². The Morgan fingerprint density at radius 2 is 1.61 bits per heavy atom. The molecule has 1 aliphatic rings. The normalized spacial score (nSPS) is 23.2. The van der Waals surface area contributed by atoms with Gasteiger partial charge in [0, 0.05) is 29.8 Å². The Balaban J connectivity index is 1.64. The van der Waals surface area contributed by atoms with Crippen LogP contribution >= 0.6 is 11.6 Å². The van der Waals surface area contributed by atoms with Crippen LogP contribution in [0.1, 0.15) is 29.4 Å². The molecule has 1 heterocycles. The second kappa shape index (κ2) is 7.30. The Bertz CT molecular complexity index is 983. The van der Waals surface area contributed by atoms with Gasteiger partial charge in [0.05, 0.1) is 11.4 Å². The molecule has 3 atom stereocenters. The molecule has 1 fully saturated rings. The van der Waals surface area contributed by atoms with Crippen LogP contribution in [0.3, 0.4) is 0 Å². The number of carbonyl (C=O) groups excluding carboxylic acids is 1. The van der Waals surface area contributed by atoms with E-state index in [2.05, 4.69) is 9.97 Å². The Morgan fingerprint density at radius 1 is 1.04 bits per heavy atom. The van der Waals surface area contributed by atoms with E-state index in [4.69, 9.17) is 16.8 Å². The van der Waals surface area contributed by atoms with Crippen molar-refractivity contribution in [3.05, 3.63) is 83.1 Å². The van der Waals surface area contributed by atoms with Gasteiger partial charge in [0.2, 0.25) is 5.91 Å². The van der Waals surface area contributed by atoms with Crippen LogP contribution in [0.15, 0.2) is 67.0 Å². The summed E-state index contributed by atoms with van der Waals surface area (Å²) in [4.78, 5) is 20.0. The fourth-order valence-corrected chi connectivity index (χ4v) is 3.91. The minimum absolute atomic E-state index is 0.407. The standard InChI is InChI=1S/C21H17ClFN3O2/c22-16-11-24-20(25-12-16)15-8-6-14(7-9-15)19-18(13-4-2-1-3-5-13)21(19,23)10-17(27)26-28/h1-9,11-12,18-19,28H,10H2,(H,26,27). The van der Waals surface area contributed by atoms with Crippen LogP contribution in [0, 0.1) is 0 Å². The smallest absolute Gasteiger partial charge is 0.246 e. The van der Waals surface area contributed by atoms with Crippen molar-refractivity contribution in [2.24, 2.45) is 0 Å². The molecule has 0 aliphatic heterocycles. The highest BCUT2D eigenvalue weighted by molar-refractivity contribution is 6.30. The van der Waals surface area contributed by atoms with Crippen molar-refractivity contribution >= 4 is 17.5 Å². The topological polar surface area (TPSA) is 75.1 Å². The number of amides is 1. The predicted octanol–water partition coefficient (Wildman–Crippen LogP) is 4.28. The Kier molecular flexibility index (Phi) is 4.83. The molecule has 0 radical (unpaired) electrons. The summed E-state index contributed by atoms with van der Waals surface area (Å²) in [5, 5.41) is 9.28. The van der Waals surface area contributed by atoms with E-state index in [-0.39, 0.29) is 0 Å². The molecule has 5 nitrogen and oxygen atoms in total. The summed E-state index contributed by atoms with van der Waals surface area (Å²) in [7, 11) is 0. The van der Waals surface area contributed by atoms with Gasteiger partial charge in [0.25, 0.3) is 0 Å². The predicted molar refractivity (Wildman–Crippen MR) is 103 cm³/mol. The molecule has 0 saturated heterocycles. The molecule has 0 spiro atoms. The largest absolute Gasteiger partial charge is 0.289 e. The molecule has 142 valence electrons. The van der Waals surface area contributed by atoms with Gasteiger partial charge in [-0.3, -0.25) is 10.0 Å². The zero-order valence-electron chi connectivity index (χ0n) is 14.7. The lowest BCUT2D eigenvalue weighted by Gasteiger charge is -2.07. The molecular weight excluding hydrogens is 381 g/mol. The maximum atomic E-state index is 15.7. The first-order valence-electron chi connectivity index (χ1n) is 8.77. The quantitative estimate of drug-likeness (QED) is 0.497. The first-order valence-corrected chi connectivity index (χ1v) is 9.15. The van der Waals surface area contributed by atoms with E-state index in [9.17, 15) is 4.79 Å². The number of hydrogen-bond acceptors (Lipinski definition) is 4. The average Bonchev–Trinajstić information content (AvgIpc) is 3.33. The SMILES string of the molecule is O=C(CC1(F)C(c2ccccc2)C1c1ccc(-c2ncc(Cl)cn2)cc1)NO. The molecule has 0 bridgehead atoms. The van der Waals surface area contributed by atoms with Crippen molar-refractivity contribution in [1.82, 2.24) is 15.4 Å². The number of halogens is 2. The number of carbonyl (C=O) groups is 1. The summed E-state index contributed by atoms with van der Waals surface area (Å²) >= 11 is 5.82. The van der Waals surface area contributed by atoms with Gasteiger partial charge >= 0.3 is 0 Å². The second-order valence-corrected chi connectivity index (χ2v) is 7.29. The Morgan fingerprint density at radius 3 is 2.18 bits per heavy atom. The van der Waals surface area contributed by atoms with Crippen LogP contribution in [0.2, 0.25) is 5.02 Å². The van der Waals surface area contributed by atoms with Gasteiger partial charge < -0.3 is 0 Å². The van der Waals surface area contributed by atoms with Crippen molar-refractivity contribution in [3.8, 4) is 11.4 Å². The average molecular weight is 398 g/mol. The Labute approximate surface area is 166 Å². The first kappa shape index (κ1) is 18.5. The van der Waals surface area contributed by atoms with Gasteiger partial charge in [-0.25, -0.2) is 19.8 Å². The molecule has 3 aromatic rings. The summed E-state index contributed by atoms with van der Waals surface area (Å²) in [6.45, 7) is 0. The molecule has 1 saturated carbocycles. The van der Waals surface area contributed by atoms with E-state index in [1.165, 1.54) is 17.9 Å². The van der Waals surface area contributed by atoms with Crippen LogP contribution in [-0.2, 0) is 4.79 Å². The molecule has 7 heteroatoms. The number of nitrogens with one attached hydrogen (secondary N) is 1. The number of aromatic nitrogens is 2. The lowest BCUT2D eigenvalue weighted by atomic mass is 10.0. The summed E-state index contributed by atoms with van der Waals surface area (Å²) in [6.07, 6.45) is 2.63. The summed E-state index contributed by atoms with van der Waals surface area (Å²) < 4.78 is 15.7. The van der Waals surface area contributed by atoms with E-state index in [0.29, 0.717) is 10.8 Å². The maximum Gasteiger partial charge on any atom is 0.246 e. The zero-order valence-corrected chi connectivity index (χ0v) is 15.5. The third-order valence-electron chi connectivity index (χ3n) is 5.12. The van der Waals surface area contributed by atoms with Gasteiger partial charge in [-0.05, 0) is 11.1 Å². The molecule has 1 aromatic heterocycles. The van der Waals surface area contributed by atoms with Crippen molar-refractivity contribution in [1.29, 1.82) is 0 Å². The van der Waals surface area contributed by atoms with Gasteiger partial charge in [-0.15, -0.1) is 0 Å². The number of hydrogen-bond donors (Lipinski definition) is 2. The maximum absolute atomic E-state index is 15.7. The number of alkyl halides is 1. The van der Waals surface area contributed by atoms with Crippen LogP contribution in [0.5, 0.6) is 0 Å². The molecule has 4 rings (SSSR count). The van der Waals surface area contributed by atoms with Gasteiger partial charge in [-0.2, -0.15) is 0 Å². The summed E-state index contributed by atoms with van der Waals surface area (Å²) in [6, 6.07) is 16.6. The third kappa shape index (κ3) is 3.37. The fraction of sp³-hybridized carbons (Fsp3) is 0.190. The fourth-order valence-electron chi connectivity index (χ4n) is 3.81. The molecule has 2 N–H and O–H groups in total. The summed E-state index contributed by atoms with van der Waals surface area (Å²) in [5.41, 5.74) is 2.17. The van der Waals surface area contributed by atoms with E-state index in [1.807, 2.05) is 54.6 Å². The minimum atomic E-state index is -1.76. The molecular formula is C21H17ClFN3O2. The monoisotopic (exact) mass is 397 g/mol. The second-order valence-electron chi connectivity index (χ2n) is 6.85. The van der Waals surface area contributed by atoms with Crippen molar-refractivity contribution < 1.29 is 14.4 Å². The lowest BCUT2D eigenvalue weighted by molar-refractivity contribution is -0.130. The van der Waals surface area contributed by atoms with Crippen molar-refractivity contribution in [2.45, 2.75) is 23.9 Å². The zero-order chi connectivity index (χ0) is 19.7. The lowest BCUT2D eigenvalue weighted by Crippen LogP contribution is -2.24. The van der Waals surface area contributed by atoms with Gasteiger partial charge in [0.1, 0.15) is 5.67 Å². The number of nitrogens with zero attached hydrogens (tertiary/aromatic N) is 2. The number of benzene rings is 2.